The Morgan fingerprint density at radius 3 is 2.42 bits per heavy atom. The van der Waals surface area contributed by atoms with Gasteiger partial charge < -0.3 is 10.1 Å². The molecule has 1 saturated carbocycles. The molecular weight excluding hydrogens is 388 g/mol. The quantitative estimate of drug-likeness (QED) is 0.517. The number of nitrogens with zero attached hydrogens (tertiary/aromatic N) is 1. The molecule has 0 spiro atoms. The van der Waals surface area contributed by atoms with Gasteiger partial charge in [0.25, 0.3) is 0 Å². The average Bonchev–Trinajstić information content (AvgIpc) is 2.81. The lowest BCUT2D eigenvalue weighted by molar-refractivity contribution is -0.116. The van der Waals surface area contributed by atoms with Gasteiger partial charge in [-0.3, -0.25) is 14.5 Å². The minimum Gasteiger partial charge on any atom is -0.497 e. The Bertz CT molecular complexity index is 857. The predicted octanol–water partition coefficient (Wildman–Crippen LogP) is 5.45. The molecule has 2 aromatic carbocycles. The Labute approximate surface area is 185 Å². The Balaban J connectivity index is 1.48. The summed E-state index contributed by atoms with van der Waals surface area (Å²) in [5.41, 5.74) is 2.66. The maximum absolute atomic E-state index is 12.5. The van der Waals surface area contributed by atoms with Crippen molar-refractivity contribution in [1.29, 1.82) is 0 Å². The van der Waals surface area contributed by atoms with Crippen molar-refractivity contribution in [3.8, 4) is 5.75 Å². The molecule has 5 nitrogen and oxygen atoms in total. The summed E-state index contributed by atoms with van der Waals surface area (Å²) in [6.07, 6.45) is 7.69. The number of anilines is 1. The van der Waals surface area contributed by atoms with Gasteiger partial charge in [0.05, 0.1) is 7.11 Å². The van der Waals surface area contributed by atoms with E-state index in [1.165, 1.54) is 32.1 Å². The highest BCUT2D eigenvalue weighted by atomic mass is 16.5. The highest BCUT2D eigenvalue weighted by Gasteiger charge is 2.19. The monoisotopic (exact) mass is 422 g/mol. The number of carbonyl (C=O) groups is 2. The molecule has 0 heterocycles. The number of methoxy groups -OCH3 is 1. The lowest BCUT2D eigenvalue weighted by Gasteiger charge is -2.31. The fraction of sp³-hybridized carbons (Fsp3) is 0.462. The first kappa shape index (κ1) is 23.0. The van der Waals surface area contributed by atoms with Gasteiger partial charge in [-0.25, -0.2) is 0 Å². The number of benzene rings is 2. The van der Waals surface area contributed by atoms with Crippen molar-refractivity contribution >= 4 is 17.4 Å². The largest absolute Gasteiger partial charge is 0.497 e. The van der Waals surface area contributed by atoms with Crippen LogP contribution in [0.5, 0.6) is 5.75 Å². The van der Waals surface area contributed by atoms with Gasteiger partial charge in [-0.05, 0) is 62.2 Å². The summed E-state index contributed by atoms with van der Waals surface area (Å²) in [5, 5.41) is 3.05. The second-order valence-electron chi connectivity index (χ2n) is 8.42. The van der Waals surface area contributed by atoms with E-state index in [0.29, 0.717) is 30.9 Å². The van der Waals surface area contributed by atoms with Gasteiger partial charge in [-0.2, -0.15) is 0 Å². The lowest BCUT2D eigenvalue weighted by atomic mass is 9.94. The first-order valence-corrected chi connectivity index (χ1v) is 11.3. The van der Waals surface area contributed by atoms with Crippen molar-refractivity contribution in [1.82, 2.24) is 4.90 Å². The van der Waals surface area contributed by atoms with Crippen LogP contribution in [-0.4, -0.2) is 36.8 Å². The van der Waals surface area contributed by atoms with Crippen molar-refractivity contribution in [2.45, 2.75) is 64.0 Å². The summed E-state index contributed by atoms with van der Waals surface area (Å²) in [6.45, 7) is 0.830. The molecule has 2 aromatic rings. The molecule has 3 rings (SSSR count). The summed E-state index contributed by atoms with van der Waals surface area (Å²) < 4.78 is 5.12. The molecule has 1 N–H and O–H groups in total. The maximum Gasteiger partial charge on any atom is 0.224 e. The molecule has 31 heavy (non-hydrogen) atoms. The van der Waals surface area contributed by atoms with E-state index < -0.39 is 0 Å². The normalized spacial score (nSPS) is 14.4. The zero-order valence-corrected chi connectivity index (χ0v) is 18.7. The first-order valence-electron chi connectivity index (χ1n) is 11.3. The number of nitrogens with one attached hydrogen (secondary N) is 1. The van der Waals surface area contributed by atoms with E-state index in [-0.39, 0.29) is 11.7 Å². The standard InChI is InChI=1S/C26H34N2O3/c1-28(22-10-4-3-5-11-22)19-21-9-6-7-12-24(21)27-26(30)14-8-13-25(29)20-15-17-23(31-2)18-16-20/h6-7,9,12,15-18,22H,3-5,8,10-11,13-14,19H2,1-2H3,(H,27,30). The number of amides is 1. The van der Waals surface area contributed by atoms with Gasteiger partial charge in [0.2, 0.25) is 5.91 Å². The topological polar surface area (TPSA) is 58.6 Å². The van der Waals surface area contributed by atoms with Crippen LogP contribution in [0.3, 0.4) is 0 Å². The third-order valence-corrected chi connectivity index (χ3v) is 6.13. The van der Waals surface area contributed by atoms with Gasteiger partial charge in [-0.1, -0.05) is 37.5 Å². The fourth-order valence-corrected chi connectivity index (χ4v) is 4.24. The molecule has 0 saturated heterocycles. The first-order chi connectivity index (χ1) is 15.1. The number of ketones is 1. The SMILES string of the molecule is COc1ccc(C(=O)CCCC(=O)Nc2ccccc2CN(C)C2CCCCC2)cc1. The van der Waals surface area contributed by atoms with E-state index in [1.807, 2.05) is 18.2 Å². The molecule has 0 atom stereocenters. The van der Waals surface area contributed by atoms with E-state index in [2.05, 4.69) is 23.3 Å². The van der Waals surface area contributed by atoms with Crippen LogP contribution in [0.1, 0.15) is 67.3 Å². The van der Waals surface area contributed by atoms with E-state index in [4.69, 9.17) is 4.74 Å². The highest BCUT2D eigenvalue weighted by molar-refractivity contribution is 5.97. The smallest absolute Gasteiger partial charge is 0.224 e. The number of ether oxygens (including phenoxy) is 1. The second kappa shape index (κ2) is 11.7. The average molecular weight is 423 g/mol. The van der Waals surface area contributed by atoms with Crippen molar-refractivity contribution in [2.24, 2.45) is 0 Å². The maximum atomic E-state index is 12.5. The van der Waals surface area contributed by atoms with Crippen LogP contribution in [0.15, 0.2) is 48.5 Å². The van der Waals surface area contributed by atoms with Crippen LogP contribution >= 0.6 is 0 Å². The summed E-state index contributed by atoms with van der Waals surface area (Å²) in [5.74, 6) is 0.726. The Hall–Kier alpha value is -2.66. The molecule has 0 radical (unpaired) electrons. The van der Waals surface area contributed by atoms with E-state index in [9.17, 15) is 9.59 Å². The molecule has 0 aromatic heterocycles. The van der Waals surface area contributed by atoms with Gasteiger partial charge >= 0.3 is 0 Å². The number of rotatable bonds is 10. The highest BCUT2D eigenvalue weighted by Crippen LogP contribution is 2.25. The summed E-state index contributed by atoms with van der Waals surface area (Å²) >= 11 is 0. The van der Waals surface area contributed by atoms with E-state index in [0.717, 1.165) is 23.5 Å². The minimum absolute atomic E-state index is 0.0460. The van der Waals surface area contributed by atoms with Crippen molar-refractivity contribution in [2.75, 3.05) is 19.5 Å². The second-order valence-corrected chi connectivity index (χ2v) is 8.42. The molecule has 1 amide bonds. The number of para-hydroxylation sites is 1. The fourth-order valence-electron chi connectivity index (χ4n) is 4.24. The molecule has 1 aliphatic carbocycles. The number of hydrogen-bond acceptors (Lipinski definition) is 4. The molecule has 5 heteroatoms. The van der Waals surface area contributed by atoms with Crippen LogP contribution in [0, 0.1) is 0 Å². The van der Waals surface area contributed by atoms with E-state index >= 15 is 0 Å². The van der Waals surface area contributed by atoms with Gasteiger partial charge in [0.15, 0.2) is 5.78 Å². The zero-order chi connectivity index (χ0) is 22.1. The van der Waals surface area contributed by atoms with Crippen LogP contribution in [0.2, 0.25) is 0 Å². The Morgan fingerprint density at radius 2 is 1.71 bits per heavy atom. The molecule has 1 fully saturated rings. The molecule has 0 unspecified atom stereocenters. The van der Waals surface area contributed by atoms with Gasteiger partial charge in [-0.15, -0.1) is 0 Å². The molecule has 166 valence electrons. The third-order valence-electron chi connectivity index (χ3n) is 6.13. The van der Waals surface area contributed by atoms with Crippen molar-refractivity contribution < 1.29 is 14.3 Å². The third kappa shape index (κ3) is 6.93. The molecule has 0 bridgehead atoms. The van der Waals surface area contributed by atoms with Crippen LogP contribution < -0.4 is 10.1 Å². The lowest BCUT2D eigenvalue weighted by Crippen LogP contribution is -2.33. The van der Waals surface area contributed by atoms with Crippen LogP contribution in [0.4, 0.5) is 5.69 Å². The van der Waals surface area contributed by atoms with Gasteiger partial charge in [0, 0.05) is 36.7 Å². The minimum atomic E-state index is -0.0460. The summed E-state index contributed by atoms with van der Waals surface area (Å²) in [4.78, 5) is 27.2. The zero-order valence-electron chi connectivity index (χ0n) is 18.7. The molecule has 0 aliphatic heterocycles. The molecule has 1 aliphatic rings. The van der Waals surface area contributed by atoms with Crippen LogP contribution in [-0.2, 0) is 11.3 Å². The molecular formula is C26H34N2O3. The Morgan fingerprint density at radius 1 is 1.00 bits per heavy atom. The van der Waals surface area contributed by atoms with Crippen molar-refractivity contribution in [3.05, 3.63) is 59.7 Å². The Kier molecular flexibility index (Phi) is 8.65. The number of hydrogen-bond donors (Lipinski definition) is 1. The summed E-state index contributed by atoms with van der Waals surface area (Å²) in [7, 11) is 3.78. The van der Waals surface area contributed by atoms with Gasteiger partial charge in [0.1, 0.15) is 5.75 Å². The number of carbonyl (C=O) groups excluding carboxylic acids is 2. The number of Topliss-reactive ketones (excluding diaryl/α,β-unsaturated/α-hetero) is 1. The van der Waals surface area contributed by atoms with E-state index in [1.54, 1.807) is 31.4 Å². The van der Waals surface area contributed by atoms with Crippen LogP contribution in [0.25, 0.3) is 0 Å². The summed E-state index contributed by atoms with van der Waals surface area (Å²) in [6, 6.07) is 15.7. The van der Waals surface area contributed by atoms with Crippen molar-refractivity contribution in [3.63, 3.8) is 0 Å². The predicted molar refractivity (Wildman–Crippen MR) is 125 cm³/mol.